The van der Waals surface area contributed by atoms with Gasteiger partial charge in [-0.25, -0.2) is 4.68 Å². The van der Waals surface area contributed by atoms with Gasteiger partial charge >= 0.3 is 0 Å². The SMILES string of the molecule is Cc1nn(-c2ccccc2)c(C)c1C(C)NCC1CCCC(O)C1. The van der Waals surface area contributed by atoms with Crippen LogP contribution in [0.25, 0.3) is 5.69 Å². The molecule has 0 saturated heterocycles. The first-order valence-electron chi connectivity index (χ1n) is 9.09. The summed E-state index contributed by atoms with van der Waals surface area (Å²) in [6.45, 7) is 7.41. The Morgan fingerprint density at radius 2 is 2.00 bits per heavy atom. The van der Waals surface area contributed by atoms with Crippen LogP contribution in [-0.2, 0) is 0 Å². The molecule has 1 fully saturated rings. The topological polar surface area (TPSA) is 50.1 Å². The Morgan fingerprint density at radius 1 is 1.25 bits per heavy atom. The van der Waals surface area contributed by atoms with E-state index in [1.54, 1.807) is 0 Å². The summed E-state index contributed by atoms with van der Waals surface area (Å²) in [6, 6.07) is 10.6. The van der Waals surface area contributed by atoms with Crippen LogP contribution in [0.15, 0.2) is 30.3 Å². The second-order valence-corrected chi connectivity index (χ2v) is 7.15. The lowest BCUT2D eigenvalue weighted by molar-refractivity contribution is 0.0998. The van der Waals surface area contributed by atoms with E-state index in [1.807, 2.05) is 22.9 Å². The Kier molecular flexibility index (Phi) is 5.36. The van der Waals surface area contributed by atoms with Crippen molar-refractivity contribution in [2.75, 3.05) is 6.54 Å². The summed E-state index contributed by atoms with van der Waals surface area (Å²) < 4.78 is 2.03. The molecule has 1 aromatic carbocycles. The van der Waals surface area contributed by atoms with E-state index in [9.17, 15) is 5.11 Å². The monoisotopic (exact) mass is 327 g/mol. The summed E-state index contributed by atoms with van der Waals surface area (Å²) in [5.41, 5.74) is 4.67. The normalized spacial score (nSPS) is 22.5. The molecule has 24 heavy (non-hydrogen) atoms. The molecule has 3 unspecified atom stereocenters. The number of hydrogen-bond acceptors (Lipinski definition) is 3. The number of nitrogens with one attached hydrogen (secondary N) is 1. The maximum absolute atomic E-state index is 9.84. The molecule has 1 heterocycles. The molecule has 1 aromatic heterocycles. The zero-order valence-corrected chi connectivity index (χ0v) is 15.0. The van der Waals surface area contributed by atoms with E-state index < -0.39 is 0 Å². The van der Waals surface area contributed by atoms with Crippen LogP contribution >= 0.6 is 0 Å². The Bertz CT molecular complexity index is 665. The highest BCUT2D eigenvalue weighted by atomic mass is 16.3. The molecular weight excluding hydrogens is 298 g/mol. The van der Waals surface area contributed by atoms with Crippen LogP contribution in [0.3, 0.4) is 0 Å². The van der Waals surface area contributed by atoms with E-state index in [4.69, 9.17) is 5.10 Å². The van der Waals surface area contributed by atoms with E-state index in [-0.39, 0.29) is 12.1 Å². The minimum Gasteiger partial charge on any atom is -0.393 e. The molecule has 3 atom stereocenters. The smallest absolute Gasteiger partial charge is 0.0648 e. The van der Waals surface area contributed by atoms with Gasteiger partial charge in [-0.3, -0.25) is 0 Å². The van der Waals surface area contributed by atoms with Crippen molar-refractivity contribution in [3.8, 4) is 5.69 Å². The molecule has 0 aliphatic heterocycles. The minimum atomic E-state index is -0.106. The molecule has 0 bridgehead atoms. The van der Waals surface area contributed by atoms with Gasteiger partial charge < -0.3 is 10.4 Å². The van der Waals surface area contributed by atoms with Crippen molar-refractivity contribution in [2.24, 2.45) is 5.92 Å². The summed E-state index contributed by atoms with van der Waals surface area (Å²) in [6.07, 6.45) is 4.16. The quantitative estimate of drug-likeness (QED) is 0.880. The fourth-order valence-electron chi connectivity index (χ4n) is 4.00. The van der Waals surface area contributed by atoms with Crippen LogP contribution in [0.4, 0.5) is 0 Å². The molecule has 1 saturated carbocycles. The number of aromatic nitrogens is 2. The van der Waals surface area contributed by atoms with E-state index in [2.05, 4.69) is 38.2 Å². The number of para-hydroxylation sites is 1. The number of nitrogens with zero attached hydrogens (tertiary/aromatic N) is 2. The molecule has 0 radical (unpaired) electrons. The fourth-order valence-corrected chi connectivity index (χ4v) is 4.00. The molecule has 130 valence electrons. The lowest BCUT2D eigenvalue weighted by Crippen LogP contribution is -2.31. The molecular formula is C20H29N3O. The van der Waals surface area contributed by atoms with Crippen molar-refractivity contribution in [2.45, 2.75) is 58.6 Å². The Labute approximate surface area is 144 Å². The predicted molar refractivity (Wildman–Crippen MR) is 97.4 cm³/mol. The third kappa shape index (κ3) is 3.70. The molecule has 3 rings (SSSR count). The van der Waals surface area contributed by atoms with Gasteiger partial charge in [0.15, 0.2) is 0 Å². The number of benzene rings is 1. The first-order chi connectivity index (χ1) is 11.6. The highest BCUT2D eigenvalue weighted by molar-refractivity contribution is 5.38. The number of aryl methyl sites for hydroxylation is 1. The number of aliphatic hydroxyl groups excluding tert-OH is 1. The van der Waals surface area contributed by atoms with E-state index in [0.717, 1.165) is 37.2 Å². The summed E-state index contributed by atoms with van der Waals surface area (Å²) >= 11 is 0. The van der Waals surface area contributed by atoms with Crippen LogP contribution in [0.1, 0.15) is 55.6 Å². The zero-order chi connectivity index (χ0) is 17.1. The summed E-state index contributed by atoms with van der Waals surface area (Å²) in [5, 5.41) is 18.3. The fraction of sp³-hybridized carbons (Fsp3) is 0.550. The van der Waals surface area contributed by atoms with Gasteiger partial charge in [0.1, 0.15) is 0 Å². The maximum Gasteiger partial charge on any atom is 0.0648 e. The number of hydrogen-bond donors (Lipinski definition) is 2. The summed E-state index contributed by atoms with van der Waals surface area (Å²) in [4.78, 5) is 0. The highest BCUT2D eigenvalue weighted by Crippen LogP contribution is 2.27. The minimum absolute atomic E-state index is 0.106. The molecule has 0 amide bonds. The van der Waals surface area contributed by atoms with E-state index in [0.29, 0.717) is 5.92 Å². The largest absolute Gasteiger partial charge is 0.393 e. The second-order valence-electron chi connectivity index (χ2n) is 7.15. The lowest BCUT2D eigenvalue weighted by atomic mass is 9.87. The second kappa shape index (κ2) is 7.49. The zero-order valence-electron chi connectivity index (χ0n) is 15.0. The van der Waals surface area contributed by atoms with Crippen molar-refractivity contribution >= 4 is 0 Å². The third-order valence-electron chi connectivity index (χ3n) is 5.25. The molecule has 4 nitrogen and oxygen atoms in total. The van der Waals surface area contributed by atoms with Crippen molar-refractivity contribution in [3.63, 3.8) is 0 Å². The summed E-state index contributed by atoms with van der Waals surface area (Å²) in [7, 11) is 0. The van der Waals surface area contributed by atoms with E-state index in [1.165, 1.54) is 17.7 Å². The van der Waals surface area contributed by atoms with Gasteiger partial charge in [0.2, 0.25) is 0 Å². The van der Waals surface area contributed by atoms with Gasteiger partial charge in [-0.2, -0.15) is 5.10 Å². The van der Waals surface area contributed by atoms with Crippen molar-refractivity contribution in [1.82, 2.24) is 15.1 Å². The van der Waals surface area contributed by atoms with Gasteiger partial charge in [-0.15, -0.1) is 0 Å². The van der Waals surface area contributed by atoms with Gasteiger partial charge in [0.05, 0.1) is 17.5 Å². The molecule has 4 heteroatoms. The van der Waals surface area contributed by atoms with Crippen molar-refractivity contribution in [1.29, 1.82) is 0 Å². The molecule has 2 aromatic rings. The average molecular weight is 327 g/mol. The summed E-state index contributed by atoms with van der Waals surface area (Å²) in [5.74, 6) is 0.584. The lowest BCUT2D eigenvalue weighted by Gasteiger charge is -2.27. The number of aliphatic hydroxyl groups is 1. The van der Waals surface area contributed by atoms with Crippen LogP contribution in [0.2, 0.25) is 0 Å². The van der Waals surface area contributed by atoms with Gasteiger partial charge in [-0.05, 0) is 64.6 Å². The van der Waals surface area contributed by atoms with Gasteiger partial charge in [0, 0.05) is 17.3 Å². The van der Waals surface area contributed by atoms with Crippen LogP contribution in [-0.4, -0.2) is 27.5 Å². The first-order valence-corrected chi connectivity index (χ1v) is 9.09. The average Bonchev–Trinajstić information content (AvgIpc) is 2.88. The maximum atomic E-state index is 9.84. The van der Waals surface area contributed by atoms with Crippen LogP contribution in [0, 0.1) is 19.8 Å². The molecule has 0 spiro atoms. The first kappa shape index (κ1) is 17.2. The van der Waals surface area contributed by atoms with Crippen LogP contribution in [0.5, 0.6) is 0 Å². The van der Waals surface area contributed by atoms with Crippen LogP contribution < -0.4 is 5.32 Å². The molecule has 2 N–H and O–H groups in total. The van der Waals surface area contributed by atoms with Gasteiger partial charge in [0.25, 0.3) is 0 Å². The predicted octanol–water partition coefficient (Wildman–Crippen LogP) is 3.69. The van der Waals surface area contributed by atoms with Crippen molar-refractivity contribution < 1.29 is 5.11 Å². The standard InChI is InChI=1S/C20H29N3O/c1-14(21-13-17-8-7-11-19(24)12-17)20-15(2)22-23(16(20)3)18-9-5-4-6-10-18/h4-6,9-10,14,17,19,21,24H,7-8,11-13H2,1-3H3. The van der Waals surface area contributed by atoms with E-state index >= 15 is 0 Å². The van der Waals surface area contributed by atoms with Gasteiger partial charge in [-0.1, -0.05) is 24.6 Å². The Hall–Kier alpha value is -1.65. The third-order valence-corrected chi connectivity index (χ3v) is 5.25. The Morgan fingerprint density at radius 3 is 2.71 bits per heavy atom. The molecule has 1 aliphatic rings. The number of rotatable bonds is 5. The van der Waals surface area contributed by atoms with Crippen molar-refractivity contribution in [3.05, 3.63) is 47.3 Å². The molecule has 1 aliphatic carbocycles. The Balaban J connectivity index is 1.71. The highest BCUT2D eigenvalue weighted by Gasteiger charge is 2.22.